The summed E-state index contributed by atoms with van der Waals surface area (Å²) < 4.78 is 4.93. The fourth-order valence-electron chi connectivity index (χ4n) is 0.697. The summed E-state index contributed by atoms with van der Waals surface area (Å²) in [6, 6.07) is 2.21. The summed E-state index contributed by atoms with van der Waals surface area (Å²) in [6.07, 6.45) is 1.69. The molecule has 64 valence electrons. The summed E-state index contributed by atoms with van der Waals surface area (Å²) >= 11 is 1.41. The minimum absolute atomic E-state index is 0.464. The number of hydrogen-bond acceptors (Lipinski definition) is 4. The van der Waals surface area contributed by atoms with Gasteiger partial charge in [-0.25, -0.2) is 4.98 Å². The standard InChI is InChI=1S/C8H10N2OS/c1-8(2,5-9)6-4-10-7(11-3)12-6/h4H,1-3H3. The molecule has 1 heterocycles. The number of ether oxygens (including phenoxy) is 1. The van der Waals surface area contributed by atoms with E-state index in [1.807, 2.05) is 13.8 Å². The van der Waals surface area contributed by atoms with Gasteiger partial charge in [0.1, 0.15) is 0 Å². The summed E-state index contributed by atoms with van der Waals surface area (Å²) in [6.45, 7) is 3.72. The van der Waals surface area contributed by atoms with Gasteiger partial charge in [0, 0.05) is 11.1 Å². The van der Waals surface area contributed by atoms with Gasteiger partial charge in [0.05, 0.1) is 18.6 Å². The second-order valence-electron chi connectivity index (χ2n) is 2.93. The third kappa shape index (κ3) is 1.56. The van der Waals surface area contributed by atoms with E-state index in [1.54, 1.807) is 13.3 Å². The van der Waals surface area contributed by atoms with Crippen molar-refractivity contribution in [3.05, 3.63) is 11.1 Å². The average Bonchev–Trinajstić information content (AvgIpc) is 2.52. The molecule has 0 bridgehead atoms. The van der Waals surface area contributed by atoms with Crippen LogP contribution in [-0.2, 0) is 5.41 Å². The maximum Gasteiger partial charge on any atom is 0.273 e. The minimum atomic E-state index is -0.464. The molecule has 0 N–H and O–H groups in total. The van der Waals surface area contributed by atoms with Crippen LogP contribution in [0.25, 0.3) is 0 Å². The molecule has 4 heteroatoms. The van der Waals surface area contributed by atoms with E-state index in [-0.39, 0.29) is 0 Å². The van der Waals surface area contributed by atoms with Crippen molar-refractivity contribution in [2.24, 2.45) is 0 Å². The Hall–Kier alpha value is -1.08. The normalized spacial score (nSPS) is 10.8. The van der Waals surface area contributed by atoms with Gasteiger partial charge in [-0.1, -0.05) is 11.3 Å². The fraction of sp³-hybridized carbons (Fsp3) is 0.500. The van der Waals surface area contributed by atoms with Crippen LogP contribution in [0.15, 0.2) is 6.20 Å². The van der Waals surface area contributed by atoms with Crippen LogP contribution in [0.1, 0.15) is 18.7 Å². The van der Waals surface area contributed by atoms with Gasteiger partial charge in [-0.2, -0.15) is 5.26 Å². The molecular weight excluding hydrogens is 172 g/mol. The minimum Gasteiger partial charge on any atom is -0.473 e. The Balaban J connectivity index is 2.98. The van der Waals surface area contributed by atoms with Crippen molar-refractivity contribution in [1.82, 2.24) is 4.98 Å². The summed E-state index contributed by atoms with van der Waals surface area (Å²) in [5.74, 6) is 0. The van der Waals surface area contributed by atoms with Crippen LogP contribution in [0.3, 0.4) is 0 Å². The van der Waals surface area contributed by atoms with Gasteiger partial charge in [0.2, 0.25) is 0 Å². The van der Waals surface area contributed by atoms with Crippen LogP contribution < -0.4 is 4.74 Å². The third-order valence-electron chi connectivity index (χ3n) is 1.55. The molecule has 1 aromatic heterocycles. The zero-order valence-electron chi connectivity index (χ0n) is 7.29. The topological polar surface area (TPSA) is 45.9 Å². The Morgan fingerprint density at radius 3 is 2.75 bits per heavy atom. The van der Waals surface area contributed by atoms with Crippen LogP contribution in [0.4, 0.5) is 0 Å². The molecule has 1 rings (SSSR count). The maximum absolute atomic E-state index is 8.82. The fourth-order valence-corrected chi connectivity index (χ4v) is 1.48. The first kappa shape index (κ1) is 9.01. The van der Waals surface area contributed by atoms with Crippen LogP contribution in [0.5, 0.6) is 5.19 Å². The van der Waals surface area contributed by atoms with E-state index in [0.29, 0.717) is 5.19 Å². The average molecular weight is 182 g/mol. The molecule has 0 amide bonds. The molecule has 0 aliphatic rings. The molecule has 0 saturated heterocycles. The molecule has 0 spiro atoms. The Morgan fingerprint density at radius 2 is 2.33 bits per heavy atom. The lowest BCUT2D eigenvalue weighted by Gasteiger charge is -2.10. The van der Waals surface area contributed by atoms with Gasteiger partial charge in [-0.05, 0) is 13.8 Å². The lowest BCUT2D eigenvalue weighted by Crippen LogP contribution is -2.11. The first-order valence-corrected chi connectivity index (χ1v) is 4.33. The molecule has 12 heavy (non-hydrogen) atoms. The number of hydrogen-bond donors (Lipinski definition) is 0. The molecule has 0 aliphatic carbocycles. The summed E-state index contributed by atoms with van der Waals surface area (Å²) in [7, 11) is 1.57. The van der Waals surface area contributed by atoms with Crippen LogP contribution >= 0.6 is 11.3 Å². The summed E-state index contributed by atoms with van der Waals surface area (Å²) in [5, 5.41) is 9.42. The second-order valence-corrected chi connectivity index (χ2v) is 3.92. The number of thiazole rings is 1. The zero-order chi connectivity index (χ0) is 9.19. The van der Waals surface area contributed by atoms with Crippen molar-refractivity contribution in [3.8, 4) is 11.3 Å². The largest absolute Gasteiger partial charge is 0.473 e. The highest BCUT2D eigenvalue weighted by molar-refractivity contribution is 7.13. The Bertz CT molecular complexity index is 311. The number of aromatic nitrogens is 1. The third-order valence-corrected chi connectivity index (χ3v) is 2.84. The van der Waals surface area contributed by atoms with Gasteiger partial charge < -0.3 is 4.74 Å². The quantitative estimate of drug-likeness (QED) is 0.702. The number of rotatable bonds is 2. The van der Waals surface area contributed by atoms with Crippen molar-refractivity contribution < 1.29 is 4.74 Å². The van der Waals surface area contributed by atoms with Crippen LogP contribution in [0.2, 0.25) is 0 Å². The van der Waals surface area contributed by atoms with Crippen molar-refractivity contribution in [2.75, 3.05) is 7.11 Å². The number of methoxy groups -OCH3 is 1. The van der Waals surface area contributed by atoms with E-state index in [4.69, 9.17) is 10.00 Å². The number of nitrogens with zero attached hydrogens (tertiary/aromatic N) is 2. The molecule has 0 atom stereocenters. The molecule has 0 unspecified atom stereocenters. The zero-order valence-corrected chi connectivity index (χ0v) is 8.10. The van der Waals surface area contributed by atoms with E-state index < -0.39 is 5.41 Å². The maximum atomic E-state index is 8.82. The highest BCUT2D eigenvalue weighted by Crippen LogP contribution is 2.30. The van der Waals surface area contributed by atoms with E-state index in [2.05, 4.69) is 11.1 Å². The van der Waals surface area contributed by atoms with E-state index >= 15 is 0 Å². The van der Waals surface area contributed by atoms with Crippen LogP contribution in [0, 0.1) is 11.3 Å². The highest BCUT2D eigenvalue weighted by atomic mass is 32.1. The molecule has 0 radical (unpaired) electrons. The molecule has 0 aromatic carbocycles. The molecule has 1 aromatic rings. The first-order valence-electron chi connectivity index (χ1n) is 3.51. The smallest absolute Gasteiger partial charge is 0.273 e. The number of nitriles is 1. The van der Waals surface area contributed by atoms with Gasteiger partial charge in [0.15, 0.2) is 0 Å². The molecule has 3 nitrogen and oxygen atoms in total. The van der Waals surface area contributed by atoms with Crippen molar-refractivity contribution in [2.45, 2.75) is 19.3 Å². The highest BCUT2D eigenvalue weighted by Gasteiger charge is 2.22. The predicted molar refractivity (Wildman–Crippen MR) is 47.3 cm³/mol. The van der Waals surface area contributed by atoms with Gasteiger partial charge in [-0.15, -0.1) is 0 Å². The Morgan fingerprint density at radius 1 is 1.67 bits per heavy atom. The van der Waals surface area contributed by atoms with E-state index in [1.165, 1.54) is 11.3 Å². The SMILES string of the molecule is COc1ncc(C(C)(C)C#N)s1. The van der Waals surface area contributed by atoms with E-state index in [9.17, 15) is 0 Å². The second kappa shape index (κ2) is 3.11. The molecular formula is C8H10N2OS. The summed E-state index contributed by atoms with van der Waals surface area (Å²) in [5.41, 5.74) is -0.464. The monoisotopic (exact) mass is 182 g/mol. The van der Waals surface area contributed by atoms with Gasteiger partial charge >= 0.3 is 0 Å². The van der Waals surface area contributed by atoms with Gasteiger partial charge in [0.25, 0.3) is 5.19 Å². The van der Waals surface area contributed by atoms with Gasteiger partial charge in [-0.3, -0.25) is 0 Å². The lowest BCUT2D eigenvalue weighted by molar-refractivity contribution is 0.412. The molecule has 0 saturated carbocycles. The molecule has 0 fully saturated rings. The Kier molecular flexibility index (Phi) is 2.34. The van der Waals surface area contributed by atoms with Crippen molar-refractivity contribution >= 4 is 11.3 Å². The van der Waals surface area contributed by atoms with Crippen molar-refractivity contribution in [1.29, 1.82) is 5.26 Å². The van der Waals surface area contributed by atoms with Crippen LogP contribution in [-0.4, -0.2) is 12.1 Å². The lowest BCUT2D eigenvalue weighted by atomic mass is 9.95. The summed E-state index contributed by atoms with van der Waals surface area (Å²) in [4.78, 5) is 4.93. The predicted octanol–water partition coefficient (Wildman–Crippen LogP) is 1.95. The Labute approximate surface area is 75.6 Å². The molecule has 0 aliphatic heterocycles. The van der Waals surface area contributed by atoms with E-state index in [0.717, 1.165) is 4.88 Å². The van der Waals surface area contributed by atoms with Crippen molar-refractivity contribution in [3.63, 3.8) is 0 Å². The first-order chi connectivity index (χ1) is 5.60.